The molecule has 1 aliphatic heterocycles. The van der Waals surface area contributed by atoms with Crippen molar-refractivity contribution in [2.75, 3.05) is 20.6 Å². The second-order valence-electron chi connectivity index (χ2n) is 4.50. The Hall–Kier alpha value is -0.770. The van der Waals surface area contributed by atoms with Crippen LogP contribution in [0.5, 0.6) is 0 Å². The van der Waals surface area contributed by atoms with E-state index in [4.69, 9.17) is 10.3 Å². The van der Waals surface area contributed by atoms with E-state index in [1.807, 2.05) is 0 Å². The van der Waals surface area contributed by atoms with Gasteiger partial charge in [0.2, 0.25) is 0 Å². The Labute approximate surface area is 91.0 Å². The quantitative estimate of drug-likeness (QED) is 0.408. The molecular formula is C10H20N4O. The van der Waals surface area contributed by atoms with Crippen LogP contribution >= 0.6 is 0 Å². The zero-order valence-corrected chi connectivity index (χ0v) is 9.92. The molecule has 0 bridgehead atoms. The molecule has 0 radical (unpaired) electrons. The smallest absolute Gasteiger partial charge is 0.0650 e. The highest BCUT2D eigenvalue weighted by Gasteiger charge is 2.34. The first-order valence-corrected chi connectivity index (χ1v) is 5.39. The summed E-state index contributed by atoms with van der Waals surface area (Å²) in [5.74, 6) is 0.516. The van der Waals surface area contributed by atoms with Gasteiger partial charge in [-0.2, -0.15) is 0 Å². The number of ether oxygens (including phenoxy) is 1. The van der Waals surface area contributed by atoms with Crippen molar-refractivity contribution in [3.8, 4) is 0 Å². The van der Waals surface area contributed by atoms with Gasteiger partial charge in [0.15, 0.2) is 0 Å². The molecule has 15 heavy (non-hydrogen) atoms. The second kappa shape index (κ2) is 5.35. The van der Waals surface area contributed by atoms with E-state index in [2.05, 4.69) is 42.9 Å². The number of azide groups is 1. The lowest BCUT2D eigenvalue weighted by Crippen LogP contribution is -2.48. The van der Waals surface area contributed by atoms with Crippen molar-refractivity contribution >= 4 is 0 Å². The first-order valence-electron chi connectivity index (χ1n) is 5.39. The van der Waals surface area contributed by atoms with Gasteiger partial charge >= 0.3 is 0 Å². The predicted molar refractivity (Wildman–Crippen MR) is 59.6 cm³/mol. The van der Waals surface area contributed by atoms with Crippen LogP contribution in [0.15, 0.2) is 5.11 Å². The third-order valence-electron chi connectivity index (χ3n) is 3.27. The summed E-state index contributed by atoms with van der Waals surface area (Å²) in [5.41, 5.74) is 8.28. The van der Waals surface area contributed by atoms with E-state index in [1.165, 1.54) is 0 Å². The molecule has 4 atom stereocenters. The van der Waals surface area contributed by atoms with Gasteiger partial charge in [0.05, 0.1) is 18.8 Å². The molecule has 5 nitrogen and oxygen atoms in total. The van der Waals surface area contributed by atoms with Crippen molar-refractivity contribution in [3.63, 3.8) is 0 Å². The highest BCUT2D eigenvalue weighted by atomic mass is 16.5. The third-order valence-corrected chi connectivity index (χ3v) is 3.27. The molecule has 0 aromatic heterocycles. The van der Waals surface area contributed by atoms with Crippen LogP contribution in [0.4, 0.5) is 0 Å². The molecule has 0 N–H and O–H groups in total. The minimum Gasteiger partial charge on any atom is -0.375 e. The Morgan fingerprint density at radius 2 is 2.13 bits per heavy atom. The number of hydrogen-bond acceptors (Lipinski definition) is 3. The van der Waals surface area contributed by atoms with E-state index < -0.39 is 0 Å². The maximum absolute atomic E-state index is 8.28. The molecule has 0 spiro atoms. The molecule has 1 saturated heterocycles. The van der Waals surface area contributed by atoms with Crippen molar-refractivity contribution in [2.45, 2.75) is 38.5 Å². The highest BCUT2D eigenvalue weighted by molar-refractivity contribution is 4.86. The second-order valence-corrected chi connectivity index (χ2v) is 4.50. The molecule has 1 heterocycles. The lowest BCUT2D eigenvalue weighted by molar-refractivity contribution is -0.0956. The van der Waals surface area contributed by atoms with Gasteiger partial charge in [-0.05, 0) is 38.9 Å². The highest BCUT2D eigenvalue weighted by Crippen LogP contribution is 2.27. The zero-order chi connectivity index (χ0) is 11.4. The van der Waals surface area contributed by atoms with Crippen LogP contribution < -0.4 is 0 Å². The molecular weight excluding hydrogens is 192 g/mol. The monoisotopic (exact) mass is 212 g/mol. The molecule has 1 unspecified atom stereocenters. The van der Waals surface area contributed by atoms with Crippen LogP contribution in [0.1, 0.15) is 20.3 Å². The van der Waals surface area contributed by atoms with E-state index >= 15 is 0 Å². The standard InChI is InChI=1S/C10H20N4O/c1-7-8(2)15-9(6-12-13-11)5-10(7)14(3)4/h7-10H,5-6H2,1-4H3/t7-,8?,9-,10-/m0/s1. The fraction of sp³-hybridized carbons (Fsp3) is 1.00. The first-order chi connectivity index (χ1) is 7.06. The molecule has 1 aliphatic rings. The van der Waals surface area contributed by atoms with Gasteiger partial charge in [-0.15, -0.1) is 0 Å². The molecule has 1 rings (SSSR count). The van der Waals surface area contributed by atoms with Gasteiger partial charge in [0.25, 0.3) is 0 Å². The van der Waals surface area contributed by atoms with Crippen molar-refractivity contribution in [3.05, 3.63) is 10.4 Å². The average molecular weight is 212 g/mol. The summed E-state index contributed by atoms with van der Waals surface area (Å²) in [6.45, 7) is 4.74. The van der Waals surface area contributed by atoms with E-state index in [-0.39, 0.29) is 12.2 Å². The molecule has 1 fully saturated rings. The minimum absolute atomic E-state index is 0.0690. The summed E-state index contributed by atoms with van der Waals surface area (Å²) >= 11 is 0. The Morgan fingerprint density at radius 3 is 2.67 bits per heavy atom. The molecule has 0 amide bonds. The summed E-state index contributed by atoms with van der Waals surface area (Å²) in [4.78, 5) is 5.00. The number of nitrogens with zero attached hydrogens (tertiary/aromatic N) is 4. The van der Waals surface area contributed by atoms with Crippen molar-refractivity contribution in [2.24, 2.45) is 11.0 Å². The SMILES string of the molecule is CC1O[C@H](CN=[N+]=[N-])C[C@H](N(C)C)[C@H]1C. The van der Waals surface area contributed by atoms with Crippen molar-refractivity contribution in [1.82, 2.24) is 4.90 Å². The first kappa shape index (κ1) is 12.3. The third kappa shape index (κ3) is 3.09. The maximum Gasteiger partial charge on any atom is 0.0650 e. The molecule has 0 aliphatic carbocycles. The predicted octanol–water partition coefficient (Wildman–Crippen LogP) is 2.04. The van der Waals surface area contributed by atoms with E-state index in [0.29, 0.717) is 18.5 Å². The van der Waals surface area contributed by atoms with Crippen LogP contribution in [-0.4, -0.2) is 43.8 Å². The van der Waals surface area contributed by atoms with E-state index in [1.54, 1.807) is 0 Å². The van der Waals surface area contributed by atoms with Crippen LogP contribution in [-0.2, 0) is 4.74 Å². The zero-order valence-electron chi connectivity index (χ0n) is 9.92. The molecule has 0 aromatic rings. The Balaban J connectivity index is 2.61. The summed E-state index contributed by atoms with van der Waals surface area (Å²) in [5, 5.41) is 3.59. The minimum atomic E-state index is 0.0690. The summed E-state index contributed by atoms with van der Waals surface area (Å²) in [6.07, 6.45) is 1.24. The maximum atomic E-state index is 8.28. The van der Waals surface area contributed by atoms with Gasteiger partial charge in [-0.25, -0.2) is 0 Å². The summed E-state index contributed by atoms with van der Waals surface area (Å²) in [6, 6.07) is 0.507. The Bertz CT molecular complexity index is 250. The molecule has 86 valence electrons. The fourth-order valence-corrected chi connectivity index (χ4v) is 2.21. The molecule has 0 saturated carbocycles. The van der Waals surface area contributed by atoms with Gasteiger partial charge in [-0.1, -0.05) is 12.0 Å². The van der Waals surface area contributed by atoms with E-state index in [0.717, 1.165) is 6.42 Å². The Morgan fingerprint density at radius 1 is 1.47 bits per heavy atom. The van der Waals surface area contributed by atoms with Crippen LogP contribution in [0.25, 0.3) is 10.4 Å². The van der Waals surface area contributed by atoms with Crippen LogP contribution in [0, 0.1) is 5.92 Å². The van der Waals surface area contributed by atoms with Gasteiger partial charge in [-0.3, -0.25) is 0 Å². The van der Waals surface area contributed by atoms with E-state index in [9.17, 15) is 0 Å². The fourth-order valence-electron chi connectivity index (χ4n) is 2.21. The van der Waals surface area contributed by atoms with Crippen LogP contribution in [0.2, 0.25) is 0 Å². The summed E-state index contributed by atoms with van der Waals surface area (Å²) in [7, 11) is 4.17. The number of rotatable bonds is 3. The summed E-state index contributed by atoms with van der Waals surface area (Å²) < 4.78 is 5.79. The average Bonchev–Trinajstić information content (AvgIpc) is 2.19. The number of hydrogen-bond donors (Lipinski definition) is 0. The lowest BCUT2D eigenvalue weighted by atomic mass is 9.88. The van der Waals surface area contributed by atoms with Gasteiger partial charge in [0.1, 0.15) is 0 Å². The normalized spacial score (nSPS) is 36.3. The van der Waals surface area contributed by atoms with Gasteiger partial charge < -0.3 is 9.64 Å². The van der Waals surface area contributed by atoms with Crippen LogP contribution in [0.3, 0.4) is 0 Å². The molecule has 0 aromatic carbocycles. The van der Waals surface area contributed by atoms with Crippen molar-refractivity contribution < 1.29 is 4.74 Å². The van der Waals surface area contributed by atoms with Crippen molar-refractivity contribution in [1.29, 1.82) is 0 Å². The lowest BCUT2D eigenvalue weighted by Gasteiger charge is -2.41. The largest absolute Gasteiger partial charge is 0.375 e. The Kier molecular flexibility index (Phi) is 4.39. The topological polar surface area (TPSA) is 61.2 Å². The van der Waals surface area contributed by atoms with Gasteiger partial charge in [0, 0.05) is 11.0 Å². The molecule has 5 heteroatoms.